The Morgan fingerprint density at radius 2 is 2.00 bits per heavy atom. The van der Waals surface area contributed by atoms with Crippen LogP contribution in [0.15, 0.2) is 36.3 Å². The van der Waals surface area contributed by atoms with Crippen LogP contribution in [0.2, 0.25) is 0 Å². The molecule has 108 valence electrons. The lowest BCUT2D eigenvalue weighted by Gasteiger charge is -2.18. The molecule has 1 atom stereocenters. The first-order valence-electron chi connectivity index (χ1n) is 6.13. The molecule has 1 aromatic carbocycles. The molecule has 0 radical (unpaired) electrons. The molecule has 0 aliphatic carbocycles. The average molecular weight is 486 g/mol. The second kappa shape index (κ2) is 7.49. The standard InChI is InChI=1S/C14H13Br3FNS/c1-2-19-12(10-7-13(16)20-14(10)17)5-8-3-4-9(18)6-11(8)15/h3-4,6-7,12,19H,2,5H2,1H3. The fraction of sp³-hybridized carbons (Fsp3) is 0.286. The first-order chi connectivity index (χ1) is 9.51. The lowest BCUT2D eigenvalue weighted by molar-refractivity contribution is 0.547. The van der Waals surface area contributed by atoms with Crippen LogP contribution in [0, 0.1) is 5.82 Å². The van der Waals surface area contributed by atoms with Gasteiger partial charge in [-0.25, -0.2) is 4.39 Å². The minimum atomic E-state index is -0.222. The van der Waals surface area contributed by atoms with Gasteiger partial charge in [0.1, 0.15) is 5.82 Å². The normalized spacial score (nSPS) is 12.7. The Bertz CT molecular complexity index is 600. The molecular formula is C14H13Br3FNS. The van der Waals surface area contributed by atoms with Crippen molar-refractivity contribution in [2.45, 2.75) is 19.4 Å². The zero-order chi connectivity index (χ0) is 14.7. The Balaban J connectivity index is 2.27. The predicted octanol–water partition coefficient (Wildman–Crippen LogP) is 6.07. The van der Waals surface area contributed by atoms with Crippen molar-refractivity contribution in [2.75, 3.05) is 6.54 Å². The van der Waals surface area contributed by atoms with E-state index >= 15 is 0 Å². The lowest BCUT2D eigenvalue weighted by atomic mass is 10.0. The van der Waals surface area contributed by atoms with Gasteiger partial charge in [-0.1, -0.05) is 28.9 Å². The van der Waals surface area contributed by atoms with E-state index < -0.39 is 0 Å². The van der Waals surface area contributed by atoms with Crippen LogP contribution in [-0.4, -0.2) is 6.54 Å². The van der Waals surface area contributed by atoms with Crippen molar-refractivity contribution in [3.8, 4) is 0 Å². The number of thiophene rings is 1. The average Bonchev–Trinajstić information content (AvgIpc) is 2.71. The second-order valence-corrected chi connectivity index (χ2v) is 8.93. The Hall–Kier alpha value is 0.250. The molecule has 0 saturated heterocycles. The van der Waals surface area contributed by atoms with E-state index in [4.69, 9.17) is 0 Å². The number of hydrogen-bond donors (Lipinski definition) is 1. The molecule has 2 rings (SSSR count). The minimum absolute atomic E-state index is 0.193. The van der Waals surface area contributed by atoms with E-state index in [2.05, 4.69) is 66.1 Å². The summed E-state index contributed by atoms with van der Waals surface area (Å²) in [6, 6.07) is 7.16. The number of likely N-dealkylation sites (N-methyl/N-ethyl adjacent to an activating group) is 1. The number of rotatable bonds is 5. The summed E-state index contributed by atoms with van der Waals surface area (Å²) in [5.41, 5.74) is 2.31. The summed E-state index contributed by atoms with van der Waals surface area (Å²) in [6.07, 6.45) is 0.802. The summed E-state index contributed by atoms with van der Waals surface area (Å²) in [5, 5.41) is 3.48. The molecule has 0 aliphatic rings. The van der Waals surface area contributed by atoms with Crippen LogP contribution >= 0.6 is 59.1 Å². The maximum Gasteiger partial charge on any atom is 0.124 e. The third kappa shape index (κ3) is 4.13. The summed E-state index contributed by atoms with van der Waals surface area (Å²) < 4.78 is 16.2. The van der Waals surface area contributed by atoms with Crippen molar-refractivity contribution in [3.05, 3.63) is 53.3 Å². The SMILES string of the molecule is CCNC(Cc1ccc(F)cc1Br)c1cc(Br)sc1Br. The van der Waals surface area contributed by atoms with Gasteiger partial charge in [0.2, 0.25) is 0 Å². The highest BCUT2D eigenvalue weighted by molar-refractivity contribution is 9.12. The molecule has 6 heteroatoms. The van der Waals surface area contributed by atoms with E-state index in [0.29, 0.717) is 0 Å². The van der Waals surface area contributed by atoms with Gasteiger partial charge in [0, 0.05) is 10.5 Å². The zero-order valence-electron chi connectivity index (χ0n) is 10.7. The smallest absolute Gasteiger partial charge is 0.124 e. The minimum Gasteiger partial charge on any atom is -0.310 e. The molecule has 0 amide bonds. The summed E-state index contributed by atoms with van der Waals surface area (Å²) in [7, 11) is 0. The van der Waals surface area contributed by atoms with Crippen LogP contribution in [0.3, 0.4) is 0 Å². The number of halogens is 4. The van der Waals surface area contributed by atoms with Gasteiger partial charge in [-0.2, -0.15) is 0 Å². The van der Waals surface area contributed by atoms with Crippen molar-refractivity contribution in [1.82, 2.24) is 5.32 Å². The van der Waals surface area contributed by atoms with E-state index in [0.717, 1.165) is 30.6 Å². The molecule has 0 bridgehead atoms. The maximum absolute atomic E-state index is 13.2. The molecule has 0 spiro atoms. The van der Waals surface area contributed by atoms with Gasteiger partial charge >= 0.3 is 0 Å². The number of benzene rings is 1. The van der Waals surface area contributed by atoms with Crippen molar-refractivity contribution >= 4 is 59.1 Å². The van der Waals surface area contributed by atoms with Crippen LogP contribution in [0.25, 0.3) is 0 Å². The first-order valence-corrected chi connectivity index (χ1v) is 9.32. The Morgan fingerprint density at radius 1 is 1.25 bits per heavy atom. The molecule has 1 aromatic heterocycles. The van der Waals surface area contributed by atoms with E-state index in [1.54, 1.807) is 11.3 Å². The number of hydrogen-bond acceptors (Lipinski definition) is 2. The van der Waals surface area contributed by atoms with Crippen LogP contribution in [0.5, 0.6) is 0 Å². The summed E-state index contributed by atoms with van der Waals surface area (Å²) >= 11 is 12.2. The topological polar surface area (TPSA) is 12.0 Å². The van der Waals surface area contributed by atoms with Crippen molar-refractivity contribution in [1.29, 1.82) is 0 Å². The maximum atomic E-state index is 13.2. The molecule has 0 saturated carbocycles. The molecule has 0 fully saturated rings. The van der Waals surface area contributed by atoms with Gasteiger partial charge in [-0.3, -0.25) is 0 Å². The summed E-state index contributed by atoms with van der Waals surface area (Å²) in [6.45, 7) is 2.96. The molecule has 1 unspecified atom stereocenters. The van der Waals surface area contributed by atoms with Crippen LogP contribution in [0.4, 0.5) is 4.39 Å². The highest BCUT2D eigenvalue weighted by atomic mass is 79.9. The van der Waals surface area contributed by atoms with Gasteiger partial charge < -0.3 is 5.32 Å². The van der Waals surface area contributed by atoms with Gasteiger partial charge in [0.25, 0.3) is 0 Å². The fourth-order valence-corrected chi connectivity index (χ4v) is 5.52. The fourth-order valence-electron chi connectivity index (χ4n) is 2.04. The van der Waals surface area contributed by atoms with Crippen molar-refractivity contribution in [3.63, 3.8) is 0 Å². The Morgan fingerprint density at radius 3 is 2.55 bits per heavy atom. The first kappa shape index (κ1) is 16.6. The Labute approximate surface area is 147 Å². The highest BCUT2D eigenvalue weighted by Gasteiger charge is 2.18. The number of nitrogens with one attached hydrogen (secondary N) is 1. The van der Waals surface area contributed by atoms with Gasteiger partial charge in [0.15, 0.2) is 0 Å². The predicted molar refractivity (Wildman–Crippen MR) is 93.9 cm³/mol. The third-order valence-electron chi connectivity index (χ3n) is 2.95. The molecule has 20 heavy (non-hydrogen) atoms. The van der Waals surface area contributed by atoms with Crippen LogP contribution in [-0.2, 0) is 6.42 Å². The quantitative estimate of drug-likeness (QED) is 0.542. The molecule has 1 heterocycles. The Kier molecular flexibility index (Phi) is 6.23. The van der Waals surface area contributed by atoms with E-state index in [1.807, 2.05) is 6.07 Å². The van der Waals surface area contributed by atoms with Crippen molar-refractivity contribution in [2.24, 2.45) is 0 Å². The molecule has 0 aliphatic heterocycles. The van der Waals surface area contributed by atoms with Gasteiger partial charge in [-0.15, -0.1) is 11.3 Å². The largest absolute Gasteiger partial charge is 0.310 e. The van der Waals surface area contributed by atoms with Crippen LogP contribution < -0.4 is 5.32 Å². The molecular weight excluding hydrogens is 473 g/mol. The lowest BCUT2D eigenvalue weighted by Crippen LogP contribution is -2.23. The van der Waals surface area contributed by atoms with E-state index in [-0.39, 0.29) is 11.9 Å². The third-order valence-corrected chi connectivity index (χ3v) is 6.07. The van der Waals surface area contributed by atoms with Crippen LogP contribution in [0.1, 0.15) is 24.1 Å². The van der Waals surface area contributed by atoms with Gasteiger partial charge in [0.05, 0.1) is 7.57 Å². The summed E-state index contributed by atoms with van der Waals surface area (Å²) in [5.74, 6) is -0.222. The van der Waals surface area contributed by atoms with Gasteiger partial charge in [-0.05, 0) is 74.2 Å². The molecule has 1 N–H and O–H groups in total. The second-order valence-electron chi connectivity index (χ2n) is 4.33. The molecule has 1 nitrogen and oxygen atoms in total. The van der Waals surface area contributed by atoms with E-state index in [1.165, 1.54) is 17.7 Å². The highest BCUT2D eigenvalue weighted by Crippen LogP contribution is 2.37. The summed E-state index contributed by atoms with van der Waals surface area (Å²) in [4.78, 5) is 0. The van der Waals surface area contributed by atoms with E-state index in [9.17, 15) is 4.39 Å². The monoisotopic (exact) mass is 483 g/mol. The zero-order valence-corrected chi connectivity index (χ0v) is 16.3. The molecule has 2 aromatic rings. The van der Waals surface area contributed by atoms with Crippen molar-refractivity contribution < 1.29 is 4.39 Å².